The minimum absolute atomic E-state index is 0.519. The molecule has 8 aromatic carbocycles. The van der Waals surface area contributed by atoms with Gasteiger partial charge in [0.2, 0.25) is 0 Å². The van der Waals surface area contributed by atoms with Gasteiger partial charge in [0, 0.05) is 21.7 Å². The predicted octanol–water partition coefficient (Wildman–Crippen LogP) is 20.6. The molecule has 1 heterocycles. The van der Waals surface area contributed by atoms with Gasteiger partial charge in [0.05, 0.1) is 22.6 Å². The SMILES string of the molecule is CC1C=CC=CC1.Cc1ccccc1.Cc1ccccc1.Cc1ccccc1.Cc1ccccc1N(c1ccc2c(C3CCCCC3)cc(N(c3ccccc3C)c3ccccc3C)nc2c1)c1ccccc1S. The summed E-state index contributed by atoms with van der Waals surface area (Å²) in [5, 5.41) is 1.25. The Morgan fingerprint density at radius 2 is 0.892 bits per heavy atom. The lowest BCUT2D eigenvalue weighted by atomic mass is 9.82. The van der Waals surface area contributed by atoms with E-state index in [1.54, 1.807) is 0 Å². The predicted molar refractivity (Wildman–Crippen MR) is 324 cm³/mol. The molecule has 1 atom stereocenters. The number of allylic oxidation sites excluding steroid dienone is 4. The molecule has 2 aliphatic rings. The highest BCUT2D eigenvalue weighted by Crippen LogP contribution is 2.45. The Balaban J connectivity index is 0.000000228. The van der Waals surface area contributed by atoms with E-state index < -0.39 is 0 Å². The third-order valence-corrected chi connectivity index (χ3v) is 13.9. The van der Waals surface area contributed by atoms with Crippen LogP contribution in [0.15, 0.2) is 242 Å². The van der Waals surface area contributed by atoms with Gasteiger partial charge in [-0.25, -0.2) is 4.98 Å². The Labute approximate surface area is 449 Å². The maximum Gasteiger partial charge on any atom is 0.138 e. The first-order chi connectivity index (χ1) is 36.1. The van der Waals surface area contributed by atoms with Crippen molar-refractivity contribution in [1.29, 1.82) is 0 Å². The van der Waals surface area contributed by atoms with E-state index in [0.29, 0.717) is 5.92 Å². The number of benzene rings is 8. The van der Waals surface area contributed by atoms with E-state index in [1.165, 1.54) is 82.9 Å². The third-order valence-electron chi connectivity index (χ3n) is 13.6. The van der Waals surface area contributed by atoms with Gasteiger partial charge in [-0.15, -0.1) is 12.6 Å². The number of fused-ring (bicyclic) bond motifs is 1. The summed E-state index contributed by atoms with van der Waals surface area (Å²) in [7, 11) is 0. The molecule has 0 radical (unpaired) electrons. The fraction of sp³-hybridized carbons (Fsp3) is 0.214. The number of pyridine rings is 1. The number of thiol groups is 1. The summed E-state index contributed by atoms with van der Waals surface area (Å²) in [5.74, 6) is 2.25. The maximum atomic E-state index is 5.52. The van der Waals surface area contributed by atoms with Crippen molar-refractivity contribution in [2.24, 2.45) is 5.92 Å². The second-order valence-corrected chi connectivity index (χ2v) is 20.1. The lowest BCUT2D eigenvalue weighted by Gasteiger charge is -2.31. The van der Waals surface area contributed by atoms with Gasteiger partial charge in [-0.1, -0.05) is 231 Å². The van der Waals surface area contributed by atoms with Crippen LogP contribution < -0.4 is 9.80 Å². The fourth-order valence-electron chi connectivity index (χ4n) is 9.42. The molecule has 9 aromatic rings. The van der Waals surface area contributed by atoms with Crippen molar-refractivity contribution in [3.8, 4) is 0 Å². The summed E-state index contributed by atoms with van der Waals surface area (Å²) in [5.41, 5.74) is 15.6. The van der Waals surface area contributed by atoms with Crippen LogP contribution >= 0.6 is 12.6 Å². The van der Waals surface area contributed by atoms with Crippen LogP contribution in [-0.4, -0.2) is 4.98 Å². The standard InChI is InChI=1S/C42H41N3S.C7H10.3C7H8/c1-29-15-7-10-20-37(29)44(40-23-13-14-24-41(40)46)33-25-26-34-35(32-18-5-4-6-19-32)28-42(43-36(34)27-33)45(38-21-11-8-16-30(38)2)39-22-12-9-17-31(39)3;4*1-7-5-3-2-4-6-7/h7-17,20-28,32,46H,4-6,18-19H2,1-3H3;2-5,7H,6H2,1H3;3*2-6H,1H3. The average molecular weight is 990 g/mol. The first-order valence-corrected chi connectivity index (χ1v) is 26.9. The van der Waals surface area contributed by atoms with E-state index >= 15 is 0 Å². The smallest absolute Gasteiger partial charge is 0.138 e. The molecule has 3 nitrogen and oxygen atoms in total. The second kappa shape index (κ2) is 28.2. The average Bonchev–Trinajstić information content (AvgIpc) is 3.42. The highest BCUT2D eigenvalue weighted by molar-refractivity contribution is 7.80. The Morgan fingerprint density at radius 3 is 1.30 bits per heavy atom. The van der Waals surface area contributed by atoms with Gasteiger partial charge in [-0.2, -0.15) is 0 Å². The number of anilines is 6. The summed E-state index contributed by atoms with van der Waals surface area (Å²) in [6, 6.07) is 74.2. The number of nitrogens with zero attached hydrogens (tertiary/aromatic N) is 3. The van der Waals surface area contributed by atoms with Crippen molar-refractivity contribution >= 4 is 57.8 Å². The molecule has 4 heteroatoms. The monoisotopic (exact) mass is 990 g/mol. The zero-order valence-electron chi connectivity index (χ0n) is 44.7. The van der Waals surface area contributed by atoms with Crippen LogP contribution in [0.3, 0.4) is 0 Å². The van der Waals surface area contributed by atoms with E-state index in [-0.39, 0.29) is 0 Å². The molecule has 1 aromatic heterocycles. The van der Waals surface area contributed by atoms with E-state index in [4.69, 9.17) is 17.6 Å². The van der Waals surface area contributed by atoms with Crippen LogP contribution in [0.5, 0.6) is 0 Å². The number of hydrogen-bond acceptors (Lipinski definition) is 4. The summed E-state index contributed by atoms with van der Waals surface area (Å²) >= 11 is 4.91. The highest BCUT2D eigenvalue weighted by Gasteiger charge is 2.25. The molecule has 0 amide bonds. The fourth-order valence-corrected chi connectivity index (χ4v) is 9.68. The van der Waals surface area contributed by atoms with Crippen molar-refractivity contribution in [3.63, 3.8) is 0 Å². The van der Waals surface area contributed by atoms with Crippen LogP contribution in [0.25, 0.3) is 10.9 Å². The van der Waals surface area contributed by atoms with E-state index in [1.807, 2.05) is 60.7 Å². The molecular formula is C70H75N3S. The number of para-hydroxylation sites is 4. The molecule has 2 aliphatic carbocycles. The van der Waals surface area contributed by atoms with Crippen LogP contribution in [0.2, 0.25) is 0 Å². The van der Waals surface area contributed by atoms with Crippen LogP contribution in [0, 0.1) is 47.5 Å². The minimum Gasteiger partial charge on any atom is -0.309 e. The zero-order chi connectivity index (χ0) is 52.1. The van der Waals surface area contributed by atoms with Gasteiger partial charge in [0.25, 0.3) is 0 Å². The van der Waals surface area contributed by atoms with Gasteiger partial charge in [-0.05, 0) is 143 Å². The van der Waals surface area contributed by atoms with E-state index in [2.05, 4.69) is 234 Å². The molecule has 0 N–H and O–H groups in total. The van der Waals surface area contributed by atoms with Gasteiger partial charge in [-0.3, -0.25) is 4.90 Å². The first kappa shape index (κ1) is 54.4. The van der Waals surface area contributed by atoms with Crippen molar-refractivity contribution in [1.82, 2.24) is 4.98 Å². The van der Waals surface area contributed by atoms with E-state index in [0.717, 1.165) is 50.6 Å². The Kier molecular flexibility index (Phi) is 20.7. The van der Waals surface area contributed by atoms with Crippen molar-refractivity contribution < 1.29 is 0 Å². The van der Waals surface area contributed by atoms with Gasteiger partial charge >= 0.3 is 0 Å². The van der Waals surface area contributed by atoms with Gasteiger partial charge in [0.1, 0.15) is 5.82 Å². The summed E-state index contributed by atoms with van der Waals surface area (Å²) < 4.78 is 0. The molecule has 0 spiro atoms. The summed E-state index contributed by atoms with van der Waals surface area (Å²) in [6.07, 6.45) is 16.2. The lowest BCUT2D eigenvalue weighted by Crippen LogP contribution is -2.16. The number of rotatable bonds is 7. The molecule has 1 saturated carbocycles. The minimum atomic E-state index is 0.519. The Morgan fingerprint density at radius 1 is 0.446 bits per heavy atom. The maximum absolute atomic E-state index is 5.52. The third kappa shape index (κ3) is 15.6. The first-order valence-electron chi connectivity index (χ1n) is 26.5. The topological polar surface area (TPSA) is 19.4 Å². The Bertz CT molecular complexity index is 2990. The normalized spacial score (nSPS) is 13.6. The number of aryl methyl sites for hydroxylation is 6. The molecule has 376 valence electrons. The molecule has 0 saturated heterocycles. The summed E-state index contributed by atoms with van der Waals surface area (Å²) in [4.78, 5) is 11.1. The molecule has 1 unspecified atom stereocenters. The molecule has 1 fully saturated rings. The van der Waals surface area contributed by atoms with Crippen LogP contribution in [0.4, 0.5) is 34.3 Å². The Hall–Kier alpha value is -7.40. The summed E-state index contributed by atoms with van der Waals surface area (Å²) in [6.45, 7) is 15.0. The highest BCUT2D eigenvalue weighted by atomic mass is 32.1. The molecule has 74 heavy (non-hydrogen) atoms. The number of hydrogen-bond donors (Lipinski definition) is 1. The molecular weight excluding hydrogens is 915 g/mol. The van der Waals surface area contributed by atoms with Crippen molar-refractivity contribution in [2.45, 2.75) is 97.8 Å². The van der Waals surface area contributed by atoms with Crippen molar-refractivity contribution in [2.75, 3.05) is 9.80 Å². The largest absolute Gasteiger partial charge is 0.309 e. The van der Waals surface area contributed by atoms with E-state index in [9.17, 15) is 0 Å². The van der Waals surface area contributed by atoms with Gasteiger partial charge < -0.3 is 4.90 Å². The lowest BCUT2D eigenvalue weighted by molar-refractivity contribution is 0.445. The quantitative estimate of drug-likeness (QED) is 0.161. The second-order valence-electron chi connectivity index (χ2n) is 19.6. The molecule has 0 aliphatic heterocycles. The van der Waals surface area contributed by atoms with Crippen LogP contribution in [0.1, 0.15) is 90.3 Å². The number of aromatic nitrogens is 1. The van der Waals surface area contributed by atoms with Gasteiger partial charge in [0.15, 0.2) is 0 Å². The molecule has 11 rings (SSSR count). The van der Waals surface area contributed by atoms with Crippen molar-refractivity contribution in [3.05, 3.63) is 276 Å². The molecule has 0 bridgehead atoms. The zero-order valence-corrected chi connectivity index (χ0v) is 45.6. The van der Waals surface area contributed by atoms with Crippen LogP contribution in [-0.2, 0) is 0 Å².